The van der Waals surface area contributed by atoms with Crippen molar-refractivity contribution in [3.05, 3.63) is 30.1 Å². The van der Waals surface area contributed by atoms with E-state index in [0.29, 0.717) is 19.5 Å². The fourth-order valence-electron chi connectivity index (χ4n) is 2.11. The third-order valence-electron chi connectivity index (χ3n) is 3.03. The molecule has 2 aromatic rings. The maximum Gasteiger partial charge on any atom is 0.139 e. The van der Waals surface area contributed by atoms with Crippen LogP contribution in [0.5, 0.6) is 0 Å². The van der Waals surface area contributed by atoms with E-state index in [1.807, 2.05) is 30.0 Å². The minimum Gasteiger partial charge on any atom is -0.396 e. The Morgan fingerprint density at radius 2 is 1.95 bits per heavy atom. The Morgan fingerprint density at radius 1 is 1.11 bits per heavy atom. The van der Waals surface area contributed by atoms with Crippen molar-refractivity contribution in [1.29, 1.82) is 0 Å². The highest BCUT2D eigenvalue weighted by Gasteiger charge is 2.11. The van der Waals surface area contributed by atoms with Gasteiger partial charge in [0.25, 0.3) is 0 Å². The lowest BCUT2D eigenvalue weighted by Gasteiger charge is -2.23. The molecular weight excluding hydrogens is 242 g/mol. The van der Waals surface area contributed by atoms with Crippen LogP contribution in [0.15, 0.2) is 24.5 Å². The molecule has 0 aliphatic rings. The second-order valence-corrected chi connectivity index (χ2v) is 4.51. The number of hydrogen-bond acceptors (Lipinski definition) is 5. The Bertz CT molecular complexity index is 545. The molecule has 102 valence electrons. The van der Waals surface area contributed by atoms with E-state index in [4.69, 9.17) is 5.11 Å². The van der Waals surface area contributed by atoms with E-state index in [1.54, 1.807) is 0 Å². The van der Waals surface area contributed by atoms with Crippen LogP contribution in [0.4, 0.5) is 5.82 Å². The van der Waals surface area contributed by atoms with Gasteiger partial charge in [0.1, 0.15) is 12.1 Å². The molecule has 2 rings (SSSR count). The van der Waals surface area contributed by atoms with Crippen molar-refractivity contribution in [3.8, 4) is 0 Å². The summed E-state index contributed by atoms with van der Waals surface area (Å²) in [6.07, 6.45) is 2.19. The van der Waals surface area contributed by atoms with E-state index in [2.05, 4.69) is 9.97 Å². The molecule has 0 aliphatic carbocycles. The van der Waals surface area contributed by atoms with Gasteiger partial charge >= 0.3 is 0 Å². The van der Waals surface area contributed by atoms with Gasteiger partial charge in [0.05, 0.1) is 12.1 Å². The fraction of sp³-hybridized carbons (Fsp3) is 0.429. The summed E-state index contributed by atoms with van der Waals surface area (Å²) in [4.78, 5) is 10.6. The van der Waals surface area contributed by atoms with Crippen LogP contribution >= 0.6 is 0 Å². The Kier molecular flexibility index (Phi) is 4.65. The summed E-state index contributed by atoms with van der Waals surface area (Å²) in [7, 11) is 0. The number of rotatable bonds is 6. The lowest BCUT2D eigenvalue weighted by Crippen LogP contribution is -2.29. The van der Waals surface area contributed by atoms with E-state index in [0.717, 1.165) is 22.3 Å². The van der Waals surface area contributed by atoms with Crippen LogP contribution < -0.4 is 4.90 Å². The molecule has 5 heteroatoms. The van der Waals surface area contributed by atoms with Gasteiger partial charge in [-0.25, -0.2) is 9.97 Å². The van der Waals surface area contributed by atoms with Crippen molar-refractivity contribution in [2.24, 2.45) is 0 Å². The predicted octanol–water partition coefficient (Wildman–Crippen LogP) is 1.12. The average Bonchev–Trinajstić information content (AvgIpc) is 2.43. The number of aryl methyl sites for hydroxylation is 1. The van der Waals surface area contributed by atoms with Crippen molar-refractivity contribution in [2.75, 3.05) is 31.2 Å². The minimum absolute atomic E-state index is 0.0583. The molecule has 0 amide bonds. The van der Waals surface area contributed by atoms with Crippen molar-refractivity contribution >= 4 is 16.7 Å². The highest BCUT2D eigenvalue weighted by atomic mass is 16.3. The van der Waals surface area contributed by atoms with Crippen LogP contribution in [0.3, 0.4) is 0 Å². The van der Waals surface area contributed by atoms with E-state index in [-0.39, 0.29) is 13.2 Å². The smallest absolute Gasteiger partial charge is 0.139 e. The molecule has 19 heavy (non-hydrogen) atoms. The number of anilines is 1. The largest absolute Gasteiger partial charge is 0.396 e. The molecule has 0 unspecified atom stereocenters. The van der Waals surface area contributed by atoms with Gasteiger partial charge in [-0.2, -0.15) is 0 Å². The summed E-state index contributed by atoms with van der Waals surface area (Å²) in [6.45, 7) is 3.38. The Balaban J connectivity index is 2.42. The molecular formula is C14H19N3O2. The van der Waals surface area contributed by atoms with Crippen LogP contribution in [0, 0.1) is 6.92 Å². The molecule has 0 radical (unpaired) electrons. The van der Waals surface area contributed by atoms with Crippen molar-refractivity contribution in [1.82, 2.24) is 9.97 Å². The Hall–Kier alpha value is -1.72. The summed E-state index contributed by atoms with van der Waals surface area (Å²) in [6, 6.07) is 6.04. The quantitative estimate of drug-likeness (QED) is 0.815. The molecule has 0 bridgehead atoms. The van der Waals surface area contributed by atoms with Gasteiger partial charge in [0.15, 0.2) is 0 Å². The van der Waals surface area contributed by atoms with Gasteiger partial charge in [0, 0.05) is 25.1 Å². The third-order valence-corrected chi connectivity index (χ3v) is 3.03. The molecule has 0 saturated heterocycles. The van der Waals surface area contributed by atoms with Crippen molar-refractivity contribution in [2.45, 2.75) is 13.3 Å². The molecule has 1 aromatic heterocycles. The lowest BCUT2D eigenvalue weighted by atomic mass is 10.1. The summed E-state index contributed by atoms with van der Waals surface area (Å²) in [5.74, 6) is 0.816. The molecule has 1 heterocycles. The Morgan fingerprint density at radius 3 is 2.68 bits per heavy atom. The molecule has 0 aliphatic heterocycles. The topological polar surface area (TPSA) is 69.5 Å². The van der Waals surface area contributed by atoms with E-state index in [9.17, 15) is 5.11 Å². The van der Waals surface area contributed by atoms with Crippen LogP contribution in [0.2, 0.25) is 0 Å². The molecule has 0 atom stereocenters. The number of benzene rings is 1. The van der Waals surface area contributed by atoms with Crippen LogP contribution in [0.1, 0.15) is 12.0 Å². The predicted molar refractivity (Wildman–Crippen MR) is 75.3 cm³/mol. The van der Waals surface area contributed by atoms with Gasteiger partial charge in [-0.15, -0.1) is 0 Å². The monoisotopic (exact) mass is 261 g/mol. The molecule has 5 nitrogen and oxygen atoms in total. The highest BCUT2D eigenvalue weighted by Crippen LogP contribution is 2.23. The summed E-state index contributed by atoms with van der Waals surface area (Å²) < 4.78 is 0. The van der Waals surface area contributed by atoms with Crippen molar-refractivity contribution < 1.29 is 10.2 Å². The fourth-order valence-corrected chi connectivity index (χ4v) is 2.11. The molecule has 1 aromatic carbocycles. The SMILES string of the molecule is Cc1ccc2ncnc(N(CCO)CCCO)c2c1. The summed E-state index contributed by atoms with van der Waals surface area (Å²) in [5, 5.41) is 19.1. The van der Waals surface area contributed by atoms with Gasteiger partial charge in [-0.1, -0.05) is 11.6 Å². The van der Waals surface area contributed by atoms with Crippen LogP contribution in [0.25, 0.3) is 10.9 Å². The van der Waals surface area contributed by atoms with Gasteiger partial charge in [-0.3, -0.25) is 0 Å². The number of nitrogens with zero attached hydrogens (tertiary/aromatic N) is 3. The zero-order valence-electron chi connectivity index (χ0n) is 11.1. The van der Waals surface area contributed by atoms with E-state index in [1.165, 1.54) is 6.33 Å². The standard InChI is InChI=1S/C14H19N3O2/c1-11-3-4-13-12(9-11)14(16-10-15-13)17(6-8-19)5-2-7-18/h3-4,9-10,18-19H,2,5-8H2,1H3. The third kappa shape index (κ3) is 3.19. The second kappa shape index (κ2) is 6.45. The maximum atomic E-state index is 9.18. The second-order valence-electron chi connectivity index (χ2n) is 4.51. The van der Waals surface area contributed by atoms with E-state index >= 15 is 0 Å². The number of aliphatic hydroxyl groups is 2. The van der Waals surface area contributed by atoms with Gasteiger partial charge in [-0.05, 0) is 25.5 Å². The normalized spacial score (nSPS) is 10.9. The maximum absolute atomic E-state index is 9.18. The first kappa shape index (κ1) is 13.7. The number of aliphatic hydroxyl groups excluding tert-OH is 2. The zero-order chi connectivity index (χ0) is 13.7. The van der Waals surface area contributed by atoms with Crippen LogP contribution in [-0.2, 0) is 0 Å². The Labute approximate surface area is 112 Å². The van der Waals surface area contributed by atoms with Gasteiger partial charge < -0.3 is 15.1 Å². The average molecular weight is 261 g/mol. The molecule has 0 spiro atoms. The number of hydrogen-bond donors (Lipinski definition) is 2. The highest BCUT2D eigenvalue weighted by molar-refractivity contribution is 5.89. The zero-order valence-corrected chi connectivity index (χ0v) is 11.1. The first-order valence-corrected chi connectivity index (χ1v) is 6.44. The number of fused-ring (bicyclic) bond motifs is 1. The summed E-state index contributed by atoms with van der Waals surface area (Å²) in [5.41, 5.74) is 2.04. The minimum atomic E-state index is 0.0583. The van der Waals surface area contributed by atoms with Gasteiger partial charge in [0.2, 0.25) is 0 Å². The molecule has 2 N–H and O–H groups in total. The first-order valence-electron chi connectivity index (χ1n) is 6.44. The van der Waals surface area contributed by atoms with E-state index < -0.39 is 0 Å². The lowest BCUT2D eigenvalue weighted by molar-refractivity contribution is 0.281. The van der Waals surface area contributed by atoms with Crippen molar-refractivity contribution in [3.63, 3.8) is 0 Å². The van der Waals surface area contributed by atoms with Crippen LogP contribution in [-0.4, -0.2) is 46.5 Å². The summed E-state index contributed by atoms with van der Waals surface area (Å²) >= 11 is 0. The number of aromatic nitrogens is 2. The molecule has 0 fully saturated rings. The molecule has 0 saturated carbocycles. The first-order chi connectivity index (χ1) is 9.26.